The molecule has 2 saturated heterocycles. The smallest absolute Gasteiger partial charge is 0.310 e. The zero-order chi connectivity index (χ0) is 14.9. The number of hydrogen-bond acceptors (Lipinski definition) is 2. The van der Waals surface area contributed by atoms with E-state index in [0.29, 0.717) is 18.6 Å². The van der Waals surface area contributed by atoms with Gasteiger partial charge in [-0.3, -0.25) is 0 Å². The Morgan fingerprint density at radius 2 is 1.86 bits per heavy atom. The predicted molar refractivity (Wildman–Crippen MR) is 75.9 cm³/mol. The minimum atomic E-state index is -4.25. The average Bonchev–Trinajstić information content (AvgIpc) is 2.92. The van der Waals surface area contributed by atoms with Crippen LogP contribution in [0.1, 0.15) is 36.8 Å². The number of nitrogens with one attached hydrogen (secondary N) is 1. The van der Waals surface area contributed by atoms with Gasteiger partial charge in [0.05, 0.1) is 5.56 Å². The van der Waals surface area contributed by atoms with Crippen LogP contribution in [0.2, 0.25) is 0 Å². The fourth-order valence-electron chi connectivity index (χ4n) is 3.48. The molecule has 0 spiro atoms. The van der Waals surface area contributed by atoms with E-state index in [4.69, 9.17) is 0 Å². The number of piperidine rings is 1. The molecule has 2 aliphatic rings. The first-order valence-corrected chi connectivity index (χ1v) is 7.66. The van der Waals surface area contributed by atoms with Crippen LogP contribution in [0.4, 0.5) is 13.2 Å². The fourth-order valence-corrected chi connectivity index (χ4v) is 3.48. The van der Waals surface area contributed by atoms with Gasteiger partial charge < -0.3 is 10.2 Å². The van der Waals surface area contributed by atoms with Crippen molar-refractivity contribution in [3.05, 3.63) is 35.4 Å². The monoisotopic (exact) mass is 298 g/mol. The van der Waals surface area contributed by atoms with Crippen LogP contribution in [-0.2, 0) is 12.7 Å². The van der Waals surface area contributed by atoms with Crippen molar-refractivity contribution in [2.75, 3.05) is 13.1 Å². The topological polar surface area (TPSA) is 15.3 Å². The van der Waals surface area contributed by atoms with Gasteiger partial charge in [-0.1, -0.05) is 12.1 Å². The van der Waals surface area contributed by atoms with E-state index in [-0.39, 0.29) is 0 Å². The molecule has 2 unspecified atom stereocenters. The van der Waals surface area contributed by atoms with Gasteiger partial charge >= 0.3 is 6.18 Å². The summed E-state index contributed by atoms with van der Waals surface area (Å²) < 4.78 is 37.5. The van der Waals surface area contributed by atoms with Crippen LogP contribution in [0.15, 0.2) is 24.3 Å². The van der Waals surface area contributed by atoms with E-state index in [0.717, 1.165) is 30.7 Å². The first kappa shape index (κ1) is 14.9. The van der Waals surface area contributed by atoms with Crippen molar-refractivity contribution < 1.29 is 13.2 Å². The molecule has 0 amide bonds. The molecule has 1 N–H and O–H groups in total. The third kappa shape index (κ3) is 3.58. The highest BCUT2D eigenvalue weighted by Gasteiger charge is 2.31. The van der Waals surface area contributed by atoms with E-state index < -0.39 is 11.7 Å². The summed E-state index contributed by atoms with van der Waals surface area (Å²) in [6.45, 7) is 3.03. The molecule has 3 rings (SSSR count). The average molecular weight is 298 g/mol. The fraction of sp³-hybridized carbons (Fsp3) is 0.625. The van der Waals surface area contributed by atoms with Crippen LogP contribution < -0.4 is 5.32 Å². The van der Waals surface area contributed by atoms with E-state index in [1.807, 2.05) is 0 Å². The summed E-state index contributed by atoms with van der Waals surface area (Å²) in [7, 11) is 0. The largest absolute Gasteiger partial charge is 0.416 e. The summed E-state index contributed by atoms with van der Waals surface area (Å²) in [5.74, 6) is 0. The molecule has 2 atom stereocenters. The third-order valence-corrected chi connectivity index (χ3v) is 4.70. The number of fused-ring (bicyclic) bond motifs is 1. The van der Waals surface area contributed by atoms with E-state index in [1.54, 1.807) is 12.1 Å². The van der Waals surface area contributed by atoms with E-state index >= 15 is 0 Å². The molecule has 2 fully saturated rings. The molecule has 2 nitrogen and oxygen atoms in total. The predicted octanol–water partition coefficient (Wildman–Crippen LogP) is 3.42. The molecule has 1 aromatic rings. The second-order valence-corrected chi connectivity index (χ2v) is 6.13. The third-order valence-electron chi connectivity index (χ3n) is 4.70. The molecule has 5 heteroatoms. The van der Waals surface area contributed by atoms with E-state index in [2.05, 4.69) is 10.2 Å². The number of hydrogen-bond donors (Lipinski definition) is 1. The number of halogens is 3. The number of nitrogens with zero attached hydrogens (tertiary/aromatic N) is 1. The summed E-state index contributed by atoms with van der Waals surface area (Å²) in [6, 6.07) is 6.67. The second kappa shape index (κ2) is 5.97. The molecular formula is C16H21F3N2. The standard InChI is InChI=1S/C16H21F3N2/c17-16(18,19)13-5-3-12(4-6-13)11-20-14-7-9-21-8-1-2-15(21)10-14/h3-6,14-15,20H,1-2,7-11H2. The lowest BCUT2D eigenvalue weighted by atomic mass is 9.97. The highest BCUT2D eigenvalue weighted by molar-refractivity contribution is 5.24. The Kier molecular flexibility index (Phi) is 4.22. The molecule has 0 saturated carbocycles. The molecule has 0 bridgehead atoms. The normalized spacial score (nSPS) is 26.8. The van der Waals surface area contributed by atoms with Crippen molar-refractivity contribution in [2.45, 2.75) is 50.5 Å². The molecule has 0 aliphatic carbocycles. The van der Waals surface area contributed by atoms with Gasteiger partial charge in [0.15, 0.2) is 0 Å². The van der Waals surface area contributed by atoms with Gasteiger partial charge in [0.25, 0.3) is 0 Å². The van der Waals surface area contributed by atoms with Crippen molar-refractivity contribution in [2.24, 2.45) is 0 Å². The second-order valence-electron chi connectivity index (χ2n) is 6.13. The van der Waals surface area contributed by atoms with Crippen LogP contribution in [0.5, 0.6) is 0 Å². The molecular weight excluding hydrogens is 277 g/mol. The van der Waals surface area contributed by atoms with Crippen molar-refractivity contribution in [1.82, 2.24) is 10.2 Å². The molecule has 2 heterocycles. The highest BCUT2D eigenvalue weighted by Crippen LogP contribution is 2.29. The van der Waals surface area contributed by atoms with Crippen LogP contribution in [-0.4, -0.2) is 30.1 Å². The summed E-state index contributed by atoms with van der Waals surface area (Å²) in [6.07, 6.45) is 0.647. The Labute approximate surface area is 123 Å². The summed E-state index contributed by atoms with van der Waals surface area (Å²) in [5.41, 5.74) is 0.336. The molecule has 0 aromatic heterocycles. The first-order valence-electron chi connectivity index (χ1n) is 7.66. The Bertz CT molecular complexity index is 469. The van der Waals surface area contributed by atoms with E-state index in [9.17, 15) is 13.2 Å². The zero-order valence-corrected chi connectivity index (χ0v) is 12.0. The van der Waals surface area contributed by atoms with Crippen LogP contribution in [0.25, 0.3) is 0 Å². The maximum Gasteiger partial charge on any atom is 0.416 e. The number of rotatable bonds is 3. The molecule has 116 valence electrons. The van der Waals surface area contributed by atoms with E-state index in [1.165, 1.54) is 25.8 Å². The van der Waals surface area contributed by atoms with Crippen LogP contribution in [0, 0.1) is 0 Å². The Morgan fingerprint density at radius 1 is 1.10 bits per heavy atom. The maximum atomic E-state index is 12.5. The lowest BCUT2D eigenvalue weighted by molar-refractivity contribution is -0.137. The van der Waals surface area contributed by atoms with Gasteiger partial charge in [-0.05, 0) is 56.5 Å². The Hall–Kier alpha value is -1.07. The molecule has 2 aliphatic heterocycles. The van der Waals surface area contributed by atoms with Gasteiger partial charge in [-0.2, -0.15) is 13.2 Å². The van der Waals surface area contributed by atoms with Gasteiger partial charge in [-0.25, -0.2) is 0 Å². The number of benzene rings is 1. The summed E-state index contributed by atoms with van der Waals surface area (Å²) >= 11 is 0. The van der Waals surface area contributed by atoms with Crippen molar-refractivity contribution >= 4 is 0 Å². The highest BCUT2D eigenvalue weighted by atomic mass is 19.4. The maximum absolute atomic E-state index is 12.5. The Balaban J connectivity index is 1.51. The van der Waals surface area contributed by atoms with Crippen LogP contribution in [0.3, 0.4) is 0 Å². The SMILES string of the molecule is FC(F)(F)c1ccc(CNC2CCN3CCCC3C2)cc1. The quantitative estimate of drug-likeness (QED) is 0.920. The Morgan fingerprint density at radius 3 is 2.57 bits per heavy atom. The van der Waals surface area contributed by atoms with Crippen molar-refractivity contribution in [1.29, 1.82) is 0 Å². The first-order chi connectivity index (χ1) is 10.0. The minimum Gasteiger partial charge on any atom is -0.310 e. The van der Waals surface area contributed by atoms with Crippen molar-refractivity contribution in [3.63, 3.8) is 0 Å². The van der Waals surface area contributed by atoms with Gasteiger partial charge in [-0.15, -0.1) is 0 Å². The lowest BCUT2D eigenvalue weighted by Crippen LogP contribution is -2.45. The van der Waals surface area contributed by atoms with Crippen molar-refractivity contribution in [3.8, 4) is 0 Å². The minimum absolute atomic E-state index is 0.492. The molecule has 21 heavy (non-hydrogen) atoms. The zero-order valence-electron chi connectivity index (χ0n) is 12.0. The summed E-state index contributed by atoms with van der Waals surface area (Å²) in [4.78, 5) is 2.57. The van der Waals surface area contributed by atoms with Gasteiger partial charge in [0.2, 0.25) is 0 Å². The molecule has 1 aromatic carbocycles. The van der Waals surface area contributed by atoms with Gasteiger partial charge in [0.1, 0.15) is 0 Å². The number of alkyl halides is 3. The van der Waals surface area contributed by atoms with Gasteiger partial charge in [0, 0.05) is 18.6 Å². The summed E-state index contributed by atoms with van der Waals surface area (Å²) in [5, 5.41) is 3.50. The molecule has 0 radical (unpaired) electrons. The van der Waals surface area contributed by atoms with Crippen LogP contribution >= 0.6 is 0 Å². The lowest BCUT2D eigenvalue weighted by Gasteiger charge is -2.35.